The van der Waals surface area contributed by atoms with Crippen LogP contribution in [0.3, 0.4) is 0 Å². The van der Waals surface area contributed by atoms with Crippen LogP contribution in [0.15, 0.2) is 48.5 Å². The molecule has 3 aromatic rings. The molecule has 0 aliphatic heterocycles. The second-order valence-corrected chi connectivity index (χ2v) is 6.51. The summed E-state index contributed by atoms with van der Waals surface area (Å²) >= 11 is 0. The molecular weight excluding hydrogens is 372 g/mol. The van der Waals surface area contributed by atoms with Crippen molar-refractivity contribution in [1.82, 2.24) is 25.5 Å². The molecular formula is C20H22N6O3. The van der Waals surface area contributed by atoms with Gasteiger partial charge in [-0.15, -0.1) is 5.10 Å². The summed E-state index contributed by atoms with van der Waals surface area (Å²) in [6, 6.07) is 14.1. The van der Waals surface area contributed by atoms with Crippen LogP contribution in [0.2, 0.25) is 0 Å². The van der Waals surface area contributed by atoms with Gasteiger partial charge in [-0.2, -0.15) is 4.68 Å². The molecule has 0 radical (unpaired) electrons. The van der Waals surface area contributed by atoms with Crippen LogP contribution in [0.25, 0.3) is 5.69 Å². The number of nitrogens with zero attached hydrogens (tertiary/aromatic N) is 4. The van der Waals surface area contributed by atoms with Crippen molar-refractivity contribution in [2.75, 3.05) is 12.4 Å². The lowest BCUT2D eigenvalue weighted by Crippen LogP contribution is -2.45. The van der Waals surface area contributed by atoms with Gasteiger partial charge in [-0.05, 0) is 47.5 Å². The lowest BCUT2D eigenvalue weighted by molar-refractivity contribution is -0.118. The van der Waals surface area contributed by atoms with Crippen LogP contribution in [0.5, 0.6) is 0 Å². The molecule has 0 bridgehead atoms. The summed E-state index contributed by atoms with van der Waals surface area (Å²) < 4.78 is 6.26. The molecule has 9 nitrogen and oxygen atoms in total. The monoisotopic (exact) mass is 394 g/mol. The topological polar surface area (TPSA) is 111 Å². The fraction of sp³-hybridized carbons (Fsp3) is 0.250. The molecule has 0 spiro atoms. The zero-order valence-electron chi connectivity index (χ0n) is 16.4. The van der Waals surface area contributed by atoms with Gasteiger partial charge in [0.05, 0.1) is 12.8 Å². The van der Waals surface area contributed by atoms with Crippen molar-refractivity contribution < 1.29 is 14.3 Å². The average molecular weight is 394 g/mol. The van der Waals surface area contributed by atoms with Crippen molar-refractivity contribution in [3.63, 3.8) is 0 Å². The molecule has 0 saturated carbocycles. The SMILES string of the molecule is COC(=O)NC(Cc1ccccc1)C(=O)Nc1ccc(C)c(-n2nnnc2C)c1. The van der Waals surface area contributed by atoms with Crippen LogP contribution < -0.4 is 10.6 Å². The van der Waals surface area contributed by atoms with Gasteiger partial charge < -0.3 is 15.4 Å². The number of amides is 2. The minimum Gasteiger partial charge on any atom is -0.453 e. The number of aryl methyl sites for hydroxylation is 2. The second-order valence-electron chi connectivity index (χ2n) is 6.51. The number of benzene rings is 2. The number of methoxy groups -OCH3 is 1. The highest BCUT2D eigenvalue weighted by Crippen LogP contribution is 2.20. The van der Waals surface area contributed by atoms with Crippen LogP contribution in [-0.2, 0) is 16.0 Å². The van der Waals surface area contributed by atoms with Crippen LogP contribution in [-0.4, -0.2) is 45.4 Å². The molecule has 0 aliphatic carbocycles. The number of tetrazole rings is 1. The number of hydrogen-bond acceptors (Lipinski definition) is 6. The molecule has 150 valence electrons. The molecule has 0 fully saturated rings. The molecule has 2 aromatic carbocycles. The first kappa shape index (κ1) is 20.0. The first-order valence-electron chi connectivity index (χ1n) is 9.03. The molecule has 2 N–H and O–H groups in total. The largest absolute Gasteiger partial charge is 0.453 e. The zero-order chi connectivity index (χ0) is 20.8. The summed E-state index contributed by atoms with van der Waals surface area (Å²) in [5.74, 6) is 0.272. The van der Waals surface area contributed by atoms with E-state index in [1.54, 1.807) is 23.7 Å². The van der Waals surface area contributed by atoms with Gasteiger partial charge in [0, 0.05) is 12.1 Å². The predicted octanol–water partition coefficient (Wildman–Crippen LogP) is 2.18. The Morgan fingerprint density at radius 2 is 1.90 bits per heavy atom. The van der Waals surface area contributed by atoms with Crippen LogP contribution in [0, 0.1) is 13.8 Å². The zero-order valence-corrected chi connectivity index (χ0v) is 16.4. The summed E-state index contributed by atoms with van der Waals surface area (Å²) in [5.41, 5.74) is 3.19. The first-order chi connectivity index (χ1) is 14.0. The Bertz CT molecular complexity index is 1000. The maximum atomic E-state index is 12.9. The maximum Gasteiger partial charge on any atom is 0.407 e. The third-order valence-corrected chi connectivity index (χ3v) is 4.41. The molecule has 1 heterocycles. The Labute approximate surface area is 168 Å². The molecule has 1 aromatic heterocycles. The second kappa shape index (κ2) is 8.96. The highest BCUT2D eigenvalue weighted by molar-refractivity contribution is 5.97. The highest BCUT2D eigenvalue weighted by Gasteiger charge is 2.22. The third kappa shape index (κ3) is 4.95. The number of rotatable bonds is 6. The van der Waals surface area contributed by atoms with E-state index in [0.29, 0.717) is 17.9 Å². The fourth-order valence-corrected chi connectivity index (χ4v) is 2.86. The summed E-state index contributed by atoms with van der Waals surface area (Å²) in [5, 5.41) is 17.0. The van der Waals surface area contributed by atoms with Crippen molar-refractivity contribution in [2.45, 2.75) is 26.3 Å². The molecule has 1 atom stereocenters. The molecule has 29 heavy (non-hydrogen) atoms. The number of carbonyl (C=O) groups is 2. The summed E-state index contributed by atoms with van der Waals surface area (Å²) in [6.45, 7) is 3.72. The Morgan fingerprint density at radius 1 is 1.14 bits per heavy atom. The quantitative estimate of drug-likeness (QED) is 0.663. The van der Waals surface area contributed by atoms with E-state index in [-0.39, 0.29) is 5.91 Å². The smallest absolute Gasteiger partial charge is 0.407 e. The lowest BCUT2D eigenvalue weighted by Gasteiger charge is -2.18. The lowest BCUT2D eigenvalue weighted by atomic mass is 10.1. The van der Waals surface area contributed by atoms with E-state index in [1.165, 1.54) is 7.11 Å². The van der Waals surface area contributed by atoms with Gasteiger partial charge in [-0.1, -0.05) is 36.4 Å². The molecule has 9 heteroatoms. The van der Waals surface area contributed by atoms with E-state index in [2.05, 4.69) is 30.9 Å². The normalized spacial score (nSPS) is 11.6. The molecule has 3 rings (SSSR count). The summed E-state index contributed by atoms with van der Waals surface area (Å²) in [7, 11) is 1.26. The number of ether oxygens (including phenoxy) is 1. The van der Waals surface area contributed by atoms with E-state index in [0.717, 1.165) is 16.8 Å². The minimum absolute atomic E-state index is 0.326. The Hall–Kier alpha value is -3.75. The number of alkyl carbamates (subject to hydrolysis) is 1. The Kier molecular flexibility index (Phi) is 6.18. The number of nitrogens with one attached hydrogen (secondary N) is 2. The van der Waals surface area contributed by atoms with Gasteiger partial charge in [0.2, 0.25) is 5.91 Å². The van der Waals surface area contributed by atoms with Crippen LogP contribution in [0.1, 0.15) is 17.0 Å². The van der Waals surface area contributed by atoms with Gasteiger partial charge in [-0.3, -0.25) is 4.79 Å². The minimum atomic E-state index is -0.802. The number of anilines is 1. The average Bonchev–Trinajstić information content (AvgIpc) is 3.15. The van der Waals surface area contributed by atoms with Crippen LogP contribution >= 0.6 is 0 Å². The summed E-state index contributed by atoms with van der Waals surface area (Å²) in [4.78, 5) is 24.6. The molecule has 0 saturated heterocycles. The van der Waals surface area contributed by atoms with E-state index < -0.39 is 12.1 Å². The van der Waals surface area contributed by atoms with Crippen LogP contribution in [0.4, 0.5) is 10.5 Å². The van der Waals surface area contributed by atoms with E-state index in [9.17, 15) is 9.59 Å². The standard InChI is InChI=1S/C20H22N6O3/c1-13-9-10-16(12-18(13)26-14(2)23-24-25-26)21-19(27)17(22-20(28)29-3)11-15-7-5-4-6-8-15/h4-10,12,17H,11H2,1-3H3,(H,21,27)(H,22,28). The molecule has 1 unspecified atom stereocenters. The van der Waals surface area contributed by atoms with Crippen molar-refractivity contribution in [3.8, 4) is 5.69 Å². The highest BCUT2D eigenvalue weighted by atomic mass is 16.5. The van der Waals surface area contributed by atoms with Crippen molar-refractivity contribution in [1.29, 1.82) is 0 Å². The Balaban J connectivity index is 1.81. The van der Waals surface area contributed by atoms with E-state index in [1.807, 2.05) is 43.3 Å². The van der Waals surface area contributed by atoms with Crippen molar-refractivity contribution >= 4 is 17.7 Å². The van der Waals surface area contributed by atoms with Gasteiger partial charge in [0.25, 0.3) is 0 Å². The predicted molar refractivity (Wildman–Crippen MR) is 107 cm³/mol. The number of aromatic nitrogens is 4. The Morgan fingerprint density at radius 3 is 2.55 bits per heavy atom. The number of carbonyl (C=O) groups excluding carboxylic acids is 2. The van der Waals surface area contributed by atoms with Gasteiger partial charge in [0.15, 0.2) is 5.82 Å². The maximum absolute atomic E-state index is 12.9. The molecule has 0 aliphatic rings. The molecule has 2 amide bonds. The summed E-state index contributed by atoms with van der Waals surface area (Å²) in [6.07, 6.45) is -0.345. The van der Waals surface area contributed by atoms with Crippen molar-refractivity contribution in [2.24, 2.45) is 0 Å². The fourth-order valence-electron chi connectivity index (χ4n) is 2.86. The van der Waals surface area contributed by atoms with Gasteiger partial charge in [0.1, 0.15) is 6.04 Å². The van der Waals surface area contributed by atoms with E-state index in [4.69, 9.17) is 0 Å². The third-order valence-electron chi connectivity index (χ3n) is 4.41. The first-order valence-corrected chi connectivity index (χ1v) is 9.03. The van der Waals surface area contributed by atoms with E-state index >= 15 is 0 Å². The van der Waals surface area contributed by atoms with Gasteiger partial charge in [-0.25, -0.2) is 4.79 Å². The van der Waals surface area contributed by atoms with Crippen molar-refractivity contribution in [3.05, 3.63) is 65.5 Å². The number of hydrogen-bond donors (Lipinski definition) is 2. The van der Waals surface area contributed by atoms with Gasteiger partial charge >= 0.3 is 6.09 Å².